The van der Waals surface area contributed by atoms with Crippen molar-refractivity contribution in [1.29, 1.82) is 0 Å². The topological polar surface area (TPSA) is 53.7 Å². The van der Waals surface area contributed by atoms with Crippen molar-refractivity contribution in [3.8, 4) is 0 Å². The molecule has 5 heteroatoms. The Hall–Kier alpha value is 0.190. The lowest BCUT2D eigenvalue weighted by Crippen LogP contribution is -2.15. The summed E-state index contributed by atoms with van der Waals surface area (Å²) in [5.74, 6) is 2.15. The SMILES string of the molecule is COCCOCCOCCSCCC(C)N. The van der Waals surface area contributed by atoms with Crippen molar-refractivity contribution < 1.29 is 14.2 Å². The lowest BCUT2D eigenvalue weighted by atomic mass is 10.3. The summed E-state index contributed by atoms with van der Waals surface area (Å²) in [6.07, 6.45) is 1.07. The van der Waals surface area contributed by atoms with E-state index in [-0.39, 0.29) is 0 Å². The average Bonchev–Trinajstić information content (AvgIpc) is 2.25. The minimum Gasteiger partial charge on any atom is -0.382 e. The molecule has 0 aromatic rings. The van der Waals surface area contributed by atoms with Crippen LogP contribution in [0.1, 0.15) is 13.3 Å². The van der Waals surface area contributed by atoms with Crippen molar-refractivity contribution >= 4 is 11.8 Å². The summed E-state index contributed by atoms with van der Waals surface area (Å²) in [6.45, 7) is 5.42. The van der Waals surface area contributed by atoms with Crippen LogP contribution >= 0.6 is 11.8 Å². The highest BCUT2D eigenvalue weighted by Gasteiger charge is 1.95. The van der Waals surface area contributed by atoms with Gasteiger partial charge in [0.25, 0.3) is 0 Å². The predicted octanol–water partition coefficient (Wildman–Crippen LogP) is 1.14. The Bertz CT molecular complexity index is 136. The molecule has 0 amide bonds. The van der Waals surface area contributed by atoms with Crippen molar-refractivity contribution in [1.82, 2.24) is 0 Å². The zero-order chi connectivity index (χ0) is 12.1. The molecule has 0 aromatic carbocycles. The summed E-state index contributed by atoms with van der Waals surface area (Å²) in [7, 11) is 1.67. The molecule has 0 saturated carbocycles. The first-order chi connectivity index (χ1) is 7.77. The van der Waals surface area contributed by atoms with Crippen LogP contribution in [0.3, 0.4) is 0 Å². The van der Waals surface area contributed by atoms with E-state index in [4.69, 9.17) is 19.9 Å². The molecule has 16 heavy (non-hydrogen) atoms. The molecule has 0 rings (SSSR count). The molecule has 0 radical (unpaired) electrons. The van der Waals surface area contributed by atoms with Gasteiger partial charge >= 0.3 is 0 Å². The van der Waals surface area contributed by atoms with Crippen LogP contribution in [-0.4, -0.2) is 57.7 Å². The molecule has 2 N–H and O–H groups in total. The van der Waals surface area contributed by atoms with E-state index in [2.05, 4.69) is 0 Å². The van der Waals surface area contributed by atoms with Gasteiger partial charge in [0.2, 0.25) is 0 Å². The fraction of sp³-hybridized carbons (Fsp3) is 1.00. The first-order valence-electron chi connectivity index (χ1n) is 5.75. The third kappa shape index (κ3) is 14.2. The maximum atomic E-state index is 5.64. The van der Waals surface area contributed by atoms with E-state index in [1.54, 1.807) is 7.11 Å². The monoisotopic (exact) mass is 251 g/mol. The molecule has 0 spiro atoms. The summed E-state index contributed by atoms with van der Waals surface area (Å²) >= 11 is 1.89. The Morgan fingerprint density at radius 2 is 1.62 bits per heavy atom. The number of methoxy groups -OCH3 is 1. The molecule has 1 unspecified atom stereocenters. The maximum absolute atomic E-state index is 5.64. The van der Waals surface area contributed by atoms with Crippen molar-refractivity contribution in [3.05, 3.63) is 0 Å². The van der Waals surface area contributed by atoms with Gasteiger partial charge in [0, 0.05) is 18.9 Å². The molecule has 0 fully saturated rings. The highest BCUT2D eigenvalue weighted by Crippen LogP contribution is 2.03. The first kappa shape index (κ1) is 16.2. The zero-order valence-corrected chi connectivity index (χ0v) is 11.3. The lowest BCUT2D eigenvalue weighted by molar-refractivity contribution is 0.0286. The van der Waals surface area contributed by atoms with E-state index in [9.17, 15) is 0 Å². The summed E-state index contributed by atoms with van der Waals surface area (Å²) in [6, 6.07) is 0.308. The van der Waals surface area contributed by atoms with Gasteiger partial charge in [-0.05, 0) is 19.1 Å². The Morgan fingerprint density at radius 1 is 1.00 bits per heavy atom. The van der Waals surface area contributed by atoms with Crippen LogP contribution in [0, 0.1) is 0 Å². The average molecular weight is 251 g/mol. The summed E-state index contributed by atoms with van der Waals surface area (Å²) in [5, 5.41) is 0. The Kier molecular flexibility index (Phi) is 13.4. The smallest absolute Gasteiger partial charge is 0.0701 e. The van der Waals surface area contributed by atoms with E-state index in [1.165, 1.54) is 0 Å². The van der Waals surface area contributed by atoms with Crippen LogP contribution in [0.25, 0.3) is 0 Å². The molecule has 0 heterocycles. The molecule has 4 nitrogen and oxygen atoms in total. The third-order valence-electron chi connectivity index (χ3n) is 1.89. The maximum Gasteiger partial charge on any atom is 0.0701 e. The van der Waals surface area contributed by atoms with Crippen LogP contribution in [-0.2, 0) is 14.2 Å². The predicted molar refractivity (Wildman–Crippen MR) is 69.1 cm³/mol. The number of ether oxygens (including phenoxy) is 3. The summed E-state index contributed by atoms with van der Waals surface area (Å²) in [4.78, 5) is 0. The van der Waals surface area contributed by atoms with Gasteiger partial charge in [-0.15, -0.1) is 0 Å². The molecular formula is C11H25NO3S. The van der Waals surface area contributed by atoms with Crippen LogP contribution in [0.4, 0.5) is 0 Å². The minimum absolute atomic E-state index is 0.308. The largest absolute Gasteiger partial charge is 0.382 e. The normalized spacial score (nSPS) is 12.9. The fourth-order valence-electron chi connectivity index (χ4n) is 0.953. The highest BCUT2D eigenvalue weighted by molar-refractivity contribution is 7.99. The molecule has 0 aliphatic heterocycles. The Morgan fingerprint density at radius 3 is 2.25 bits per heavy atom. The van der Waals surface area contributed by atoms with Gasteiger partial charge in [-0.2, -0.15) is 11.8 Å². The van der Waals surface area contributed by atoms with Gasteiger partial charge in [-0.1, -0.05) is 0 Å². The zero-order valence-electron chi connectivity index (χ0n) is 10.4. The quantitative estimate of drug-likeness (QED) is 0.527. The molecule has 0 bridgehead atoms. The summed E-state index contributed by atoms with van der Waals surface area (Å²) in [5.41, 5.74) is 5.64. The molecule has 0 saturated heterocycles. The first-order valence-corrected chi connectivity index (χ1v) is 6.90. The minimum atomic E-state index is 0.308. The van der Waals surface area contributed by atoms with Gasteiger partial charge in [0.15, 0.2) is 0 Å². The Labute approximate surface area is 103 Å². The van der Waals surface area contributed by atoms with Crippen molar-refractivity contribution in [2.75, 3.05) is 51.6 Å². The van der Waals surface area contributed by atoms with E-state index in [1.807, 2.05) is 18.7 Å². The molecule has 0 aromatic heterocycles. The van der Waals surface area contributed by atoms with E-state index in [0.717, 1.165) is 24.5 Å². The third-order valence-corrected chi connectivity index (χ3v) is 2.87. The van der Waals surface area contributed by atoms with Crippen LogP contribution < -0.4 is 5.73 Å². The lowest BCUT2D eigenvalue weighted by Gasteiger charge is -2.06. The molecule has 98 valence electrons. The number of hydrogen-bond donors (Lipinski definition) is 1. The number of hydrogen-bond acceptors (Lipinski definition) is 5. The molecule has 0 aliphatic carbocycles. The number of thioether (sulfide) groups is 1. The van der Waals surface area contributed by atoms with Gasteiger partial charge < -0.3 is 19.9 Å². The van der Waals surface area contributed by atoms with Gasteiger partial charge in [0.1, 0.15) is 0 Å². The molecule has 0 aliphatic rings. The standard InChI is InChI=1S/C11H25NO3S/c1-11(12)3-9-16-10-8-15-7-6-14-5-4-13-2/h11H,3-10,12H2,1-2H3. The molecular weight excluding hydrogens is 226 g/mol. The van der Waals surface area contributed by atoms with E-state index < -0.39 is 0 Å². The van der Waals surface area contributed by atoms with Crippen LogP contribution in [0.2, 0.25) is 0 Å². The van der Waals surface area contributed by atoms with Crippen molar-refractivity contribution in [3.63, 3.8) is 0 Å². The van der Waals surface area contributed by atoms with Gasteiger partial charge in [-0.3, -0.25) is 0 Å². The van der Waals surface area contributed by atoms with Gasteiger partial charge in [0.05, 0.1) is 33.0 Å². The van der Waals surface area contributed by atoms with Crippen LogP contribution in [0.15, 0.2) is 0 Å². The van der Waals surface area contributed by atoms with Gasteiger partial charge in [-0.25, -0.2) is 0 Å². The summed E-state index contributed by atoms with van der Waals surface area (Å²) < 4.78 is 15.5. The van der Waals surface area contributed by atoms with E-state index in [0.29, 0.717) is 32.5 Å². The fourth-order valence-corrected chi connectivity index (χ4v) is 1.93. The highest BCUT2D eigenvalue weighted by atomic mass is 32.2. The van der Waals surface area contributed by atoms with Crippen LogP contribution in [0.5, 0.6) is 0 Å². The second-order valence-electron chi connectivity index (χ2n) is 3.60. The second-order valence-corrected chi connectivity index (χ2v) is 4.82. The number of nitrogens with two attached hydrogens (primary N) is 1. The Balaban J connectivity index is 2.88. The number of rotatable bonds is 12. The van der Waals surface area contributed by atoms with Crippen molar-refractivity contribution in [2.24, 2.45) is 5.73 Å². The second kappa shape index (κ2) is 13.3. The molecule has 1 atom stereocenters. The van der Waals surface area contributed by atoms with Crippen molar-refractivity contribution in [2.45, 2.75) is 19.4 Å². The van der Waals surface area contributed by atoms with E-state index >= 15 is 0 Å².